The lowest BCUT2D eigenvalue weighted by molar-refractivity contribution is 0.754. The predicted molar refractivity (Wildman–Crippen MR) is 101 cm³/mol. The summed E-state index contributed by atoms with van der Waals surface area (Å²) in [4.78, 5) is 22.3. The normalized spacial score (nSPS) is 14.2. The Kier molecular flexibility index (Phi) is 5.31. The summed E-state index contributed by atoms with van der Waals surface area (Å²) in [7, 11) is 3.87. The summed E-state index contributed by atoms with van der Waals surface area (Å²) in [5.41, 5.74) is 1.11. The highest BCUT2D eigenvalue weighted by atomic mass is 15.3. The van der Waals surface area contributed by atoms with E-state index in [1.54, 1.807) is 0 Å². The average molecular weight is 341 g/mol. The van der Waals surface area contributed by atoms with E-state index < -0.39 is 0 Å². The minimum absolute atomic E-state index is 0.253. The second-order valence-electron chi connectivity index (χ2n) is 6.94. The largest absolute Gasteiger partial charge is 0.357 e. The van der Waals surface area contributed by atoms with Crippen molar-refractivity contribution in [3.05, 3.63) is 29.7 Å². The fraction of sp³-hybridized carbons (Fsp3) is 0.556. The van der Waals surface area contributed by atoms with Gasteiger partial charge in [-0.05, 0) is 24.5 Å². The SMILES string of the molecule is CC(C)c1nc(NCc2ccc(N3CCCC3)nc2)nc(N(C)C)n1. The van der Waals surface area contributed by atoms with E-state index in [0.29, 0.717) is 18.4 Å². The topological polar surface area (TPSA) is 70.1 Å². The van der Waals surface area contributed by atoms with Gasteiger partial charge in [-0.1, -0.05) is 19.9 Å². The molecule has 3 rings (SSSR count). The second kappa shape index (κ2) is 7.63. The number of nitrogens with zero attached hydrogens (tertiary/aromatic N) is 6. The molecule has 0 aliphatic carbocycles. The third-order valence-electron chi connectivity index (χ3n) is 4.25. The van der Waals surface area contributed by atoms with Crippen LogP contribution in [0, 0.1) is 0 Å². The maximum Gasteiger partial charge on any atom is 0.229 e. The zero-order valence-electron chi connectivity index (χ0n) is 15.5. The standard InChI is InChI=1S/C18H27N7/c1-13(2)16-21-17(23-18(22-16)24(3)4)20-12-14-7-8-15(19-11-14)25-9-5-6-10-25/h7-8,11,13H,5-6,9-10,12H2,1-4H3,(H,20,21,22,23). The minimum atomic E-state index is 0.253. The monoisotopic (exact) mass is 341 g/mol. The molecule has 7 heteroatoms. The van der Waals surface area contributed by atoms with E-state index in [0.717, 1.165) is 30.3 Å². The van der Waals surface area contributed by atoms with Gasteiger partial charge in [-0.15, -0.1) is 0 Å². The Hall–Kier alpha value is -2.44. The van der Waals surface area contributed by atoms with Crippen LogP contribution in [0.15, 0.2) is 18.3 Å². The van der Waals surface area contributed by atoms with Gasteiger partial charge in [-0.25, -0.2) is 4.98 Å². The molecular weight excluding hydrogens is 314 g/mol. The first-order valence-corrected chi connectivity index (χ1v) is 8.90. The van der Waals surface area contributed by atoms with Crippen molar-refractivity contribution in [1.29, 1.82) is 0 Å². The second-order valence-corrected chi connectivity index (χ2v) is 6.94. The van der Waals surface area contributed by atoms with Crippen molar-refractivity contribution in [3.63, 3.8) is 0 Å². The lowest BCUT2D eigenvalue weighted by Gasteiger charge is -2.16. The Balaban J connectivity index is 1.68. The molecule has 0 atom stereocenters. The van der Waals surface area contributed by atoms with Crippen molar-refractivity contribution >= 4 is 17.7 Å². The van der Waals surface area contributed by atoms with Crippen LogP contribution in [0.4, 0.5) is 17.7 Å². The van der Waals surface area contributed by atoms with Gasteiger partial charge in [0.2, 0.25) is 11.9 Å². The van der Waals surface area contributed by atoms with Gasteiger partial charge in [0.25, 0.3) is 0 Å². The molecule has 134 valence electrons. The number of aromatic nitrogens is 4. The third kappa shape index (κ3) is 4.35. The van der Waals surface area contributed by atoms with Crippen LogP contribution in [-0.2, 0) is 6.54 Å². The predicted octanol–water partition coefficient (Wildman–Crippen LogP) is 2.67. The molecule has 0 saturated carbocycles. The molecule has 7 nitrogen and oxygen atoms in total. The Morgan fingerprint density at radius 3 is 2.48 bits per heavy atom. The van der Waals surface area contributed by atoms with Gasteiger partial charge in [-0.3, -0.25) is 0 Å². The number of rotatable bonds is 6. The quantitative estimate of drug-likeness (QED) is 0.866. The summed E-state index contributed by atoms with van der Waals surface area (Å²) in [6.45, 7) is 7.03. The first kappa shape index (κ1) is 17.4. The van der Waals surface area contributed by atoms with Crippen LogP contribution >= 0.6 is 0 Å². The molecule has 25 heavy (non-hydrogen) atoms. The van der Waals surface area contributed by atoms with Crippen LogP contribution in [0.1, 0.15) is 44.0 Å². The van der Waals surface area contributed by atoms with Gasteiger partial charge < -0.3 is 15.1 Å². The summed E-state index contributed by atoms with van der Waals surface area (Å²) in [5.74, 6) is 3.39. The molecular formula is C18H27N7. The maximum absolute atomic E-state index is 4.59. The van der Waals surface area contributed by atoms with Crippen LogP contribution in [0.5, 0.6) is 0 Å². The van der Waals surface area contributed by atoms with Crippen LogP contribution in [0.2, 0.25) is 0 Å². The molecule has 1 aliphatic rings. The average Bonchev–Trinajstić information content (AvgIpc) is 3.14. The highest BCUT2D eigenvalue weighted by molar-refractivity contribution is 5.41. The van der Waals surface area contributed by atoms with Crippen molar-refractivity contribution in [2.75, 3.05) is 42.3 Å². The lowest BCUT2D eigenvalue weighted by atomic mass is 10.2. The molecule has 3 heterocycles. The van der Waals surface area contributed by atoms with Crippen molar-refractivity contribution < 1.29 is 0 Å². The van der Waals surface area contributed by atoms with Gasteiger partial charge in [0.1, 0.15) is 11.6 Å². The summed E-state index contributed by atoms with van der Waals surface area (Å²) in [6.07, 6.45) is 4.45. The van der Waals surface area contributed by atoms with E-state index in [9.17, 15) is 0 Å². The Morgan fingerprint density at radius 2 is 1.88 bits per heavy atom. The van der Waals surface area contributed by atoms with E-state index in [-0.39, 0.29) is 5.92 Å². The Morgan fingerprint density at radius 1 is 1.12 bits per heavy atom. The zero-order valence-corrected chi connectivity index (χ0v) is 15.5. The number of hydrogen-bond acceptors (Lipinski definition) is 7. The molecule has 1 N–H and O–H groups in total. The van der Waals surface area contributed by atoms with Gasteiger partial charge >= 0.3 is 0 Å². The van der Waals surface area contributed by atoms with E-state index in [1.165, 1.54) is 12.8 Å². The summed E-state index contributed by atoms with van der Waals surface area (Å²) in [5, 5.41) is 3.30. The van der Waals surface area contributed by atoms with Crippen molar-refractivity contribution in [3.8, 4) is 0 Å². The number of hydrogen-bond donors (Lipinski definition) is 1. The van der Waals surface area contributed by atoms with Crippen molar-refractivity contribution in [1.82, 2.24) is 19.9 Å². The molecule has 1 saturated heterocycles. The molecule has 0 amide bonds. The lowest BCUT2D eigenvalue weighted by Crippen LogP contribution is -2.19. The Bertz CT molecular complexity index is 665. The maximum atomic E-state index is 4.59. The van der Waals surface area contributed by atoms with Gasteiger partial charge in [0.15, 0.2) is 0 Å². The van der Waals surface area contributed by atoms with E-state index in [2.05, 4.69) is 56.1 Å². The first-order chi connectivity index (χ1) is 12.0. The van der Waals surface area contributed by atoms with Crippen LogP contribution in [0.25, 0.3) is 0 Å². The highest BCUT2D eigenvalue weighted by Gasteiger charge is 2.13. The fourth-order valence-electron chi connectivity index (χ4n) is 2.75. The minimum Gasteiger partial charge on any atom is -0.357 e. The molecule has 0 spiro atoms. The number of anilines is 3. The van der Waals surface area contributed by atoms with Crippen LogP contribution in [-0.4, -0.2) is 47.1 Å². The molecule has 2 aromatic heterocycles. The van der Waals surface area contributed by atoms with E-state index in [4.69, 9.17) is 0 Å². The Labute approximate surface area is 149 Å². The van der Waals surface area contributed by atoms with Crippen LogP contribution < -0.4 is 15.1 Å². The molecule has 0 bridgehead atoms. The molecule has 2 aromatic rings. The van der Waals surface area contributed by atoms with Gasteiger partial charge in [0.05, 0.1) is 0 Å². The third-order valence-corrected chi connectivity index (χ3v) is 4.25. The molecule has 0 radical (unpaired) electrons. The van der Waals surface area contributed by atoms with Crippen LogP contribution in [0.3, 0.4) is 0 Å². The summed E-state index contributed by atoms with van der Waals surface area (Å²) in [6, 6.07) is 4.21. The summed E-state index contributed by atoms with van der Waals surface area (Å²) >= 11 is 0. The number of nitrogens with one attached hydrogen (secondary N) is 1. The molecule has 0 unspecified atom stereocenters. The zero-order chi connectivity index (χ0) is 17.8. The number of pyridine rings is 1. The van der Waals surface area contributed by atoms with E-state index in [1.807, 2.05) is 25.2 Å². The summed E-state index contributed by atoms with van der Waals surface area (Å²) < 4.78 is 0. The molecule has 1 aliphatic heterocycles. The highest BCUT2D eigenvalue weighted by Crippen LogP contribution is 2.18. The van der Waals surface area contributed by atoms with E-state index >= 15 is 0 Å². The molecule has 1 fully saturated rings. The smallest absolute Gasteiger partial charge is 0.229 e. The first-order valence-electron chi connectivity index (χ1n) is 8.90. The van der Waals surface area contributed by atoms with Gasteiger partial charge in [-0.2, -0.15) is 15.0 Å². The van der Waals surface area contributed by atoms with Crippen molar-refractivity contribution in [2.24, 2.45) is 0 Å². The molecule has 0 aromatic carbocycles. The van der Waals surface area contributed by atoms with Crippen molar-refractivity contribution in [2.45, 2.75) is 39.2 Å². The fourth-order valence-corrected chi connectivity index (χ4v) is 2.75. The van der Waals surface area contributed by atoms with Gasteiger partial charge in [0, 0.05) is 45.8 Å².